The van der Waals surface area contributed by atoms with Gasteiger partial charge in [0, 0.05) is 16.5 Å². The zero-order valence-electron chi connectivity index (χ0n) is 19.2. The minimum Gasteiger partial charge on any atom is -0.272 e. The fourth-order valence-corrected chi connectivity index (χ4v) is 4.73. The van der Waals surface area contributed by atoms with Crippen molar-refractivity contribution >= 4 is 23.4 Å². The van der Waals surface area contributed by atoms with Crippen LogP contribution in [-0.2, 0) is 6.54 Å². The molecule has 2 heterocycles. The van der Waals surface area contributed by atoms with Crippen molar-refractivity contribution < 1.29 is 0 Å². The first-order valence-corrected chi connectivity index (χ1v) is 12.9. The van der Waals surface area contributed by atoms with Gasteiger partial charge in [0.2, 0.25) is 0 Å². The van der Waals surface area contributed by atoms with Crippen LogP contribution in [0.2, 0.25) is 5.02 Å². The molecule has 0 saturated heterocycles. The predicted molar refractivity (Wildman–Crippen MR) is 135 cm³/mol. The van der Waals surface area contributed by atoms with E-state index in [0.29, 0.717) is 16.5 Å². The zero-order chi connectivity index (χ0) is 23.8. The minimum atomic E-state index is -0.355. The van der Waals surface area contributed by atoms with Crippen LogP contribution in [0.25, 0.3) is 11.4 Å². The largest absolute Gasteiger partial charge is 0.368 e. The van der Waals surface area contributed by atoms with E-state index in [1.807, 2.05) is 34.9 Å². The molecule has 4 aromatic rings. The summed E-state index contributed by atoms with van der Waals surface area (Å²) in [5.74, 6) is 1.60. The molecule has 0 atom stereocenters. The van der Waals surface area contributed by atoms with Crippen molar-refractivity contribution in [2.24, 2.45) is 0 Å². The Labute approximate surface area is 207 Å². The van der Waals surface area contributed by atoms with E-state index in [4.69, 9.17) is 11.6 Å². The lowest BCUT2D eigenvalue weighted by molar-refractivity contribution is 0.598. The fraction of sp³-hybridized carbons (Fsp3) is 0.375. The van der Waals surface area contributed by atoms with Gasteiger partial charge in [-0.1, -0.05) is 80.6 Å². The van der Waals surface area contributed by atoms with Crippen LogP contribution in [0, 0.1) is 0 Å². The molecular formula is C24H28ClN7OS. The predicted octanol–water partition coefficient (Wildman–Crippen LogP) is 5.16. The van der Waals surface area contributed by atoms with E-state index in [1.54, 1.807) is 36.0 Å². The van der Waals surface area contributed by atoms with Crippen LogP contribution in [0.1, 0.15) is 51.3 Å². The molecule has 0 aliphatic rings. The van der Waals surface area contributed by atoms with Gasteiger partial charge in [0.15, 0.2) is 11.0 Å². The third-order valence-electron chi connectivity index (χ3n) is 5.45. The van der Waals surface area contributed by atoms with Crippen molar-refractivity contribution in [2.75, 3.05) is 5.75 Å². The molecule has 34 heavy (non-hydrogen) atoms. The monoisotopic (exact) mass is 497 g/mol. The van der Waals surface area contributed by atoms with Gasteiger partial charge < -0.3 is 0 Å². The first-order chi connectivity index (χ1) is 16.7. The summed E-state index contributed by atoms with van der Waals surface area (Å²) in [6, 6.07) is 16.8. The first-order valence-electron chi connectivity index (χ1n) is 11.6. The lowest BCUT2D eigenvalue weighted by atomic mass is 10.1. The molecule has 0 amide bonds. The normalized spacial score (nSPS) is 11.2. The molecule has 178 valence electrons. The van der Waals surface area contributed by atoms with Crippen LogP contribution >= 0.6 is 23.4 Å². The van der Waals surface area contributed by atoms with Crippen LogP contribution < -0.4 is 5.69 Å². The highest BCUT2D eigenvalue weighted by Crippen LogP contribution is 2.24. The van der Waals surface area contributed by atoms with Gasteiger partial charge in [-0.15, -0.1) is 10.2 Å². The number of aromatic nitrogens is 7. The molecule has 0 aliphatic heterocycles. The highest BCUT2D eigenvalue weighted by atomic mass is 35.5. The maximum Gasteiger partial charge on any atom is 0.368 e. The van der Waals surface area contributed by atoms with E-state index in [1.165, 1.54) is 41.5 Å². The van der Waals surface area contributed by atoms with E-state index in [2.05, 4.69) is 27.5 Å². The lowest BCUT2D eigenvalue weighted by Crippen LogP contribution is -2.25. The van der Waals surface area contributed by atoms with Crippen molar-refractivity contribution in [3.05, 3.63) is 75.9 Å². The number of unbranched alkanes of at least 4 members (excludes halogenated alkanes) is 5. The maximum absolute atomic E-state index is 12.9. The average Bonchev–Trinajstić information content (AvgIpc) is 3.43. The Morgan fingerprint density at radius 2 is 1.59 bits per heavy atom. The molecule has 0 radical (unpaired) electrons. The lowest BCUT2D eigenvalue weighted by Gasteiger charge is -2.10. The average molecular weight is 498 g/mol. The van der Waals surface area contributed by atoms with Crippen LogP contribution in [0.15, 0.2) is 64.5 Å². The number of hydrogen-bond acceptors (Lipinski definition) is 6. The molecule has 0 N–H and O–H groups in total. The summed E-state index contributed by atoms with van der Waals surface area (Å²) in [4.78, 5) is 12.9. The number of rotatable bonds is 12. The Hall–Kier alpha value is -2.91. The molecule has 8 nitrogen and oxygen atoms in total. The van der Waals surface area contributed by atoms with Gasteiger partial charge in [-0.25, -0.2) is 4.79 Å². The molecule has 0 unspecified atom stereocenters. The molecule has 4 rings (SSSR count). The second-order valence-corrected chi connectivity index (χ2v) is 9.49. The van der Waals surface area contributed by atoms with Crippen LogP contribution in [0.5, 0.6) is 0 Å². The summed E-state index contributed by atoms with van der Waals surface area (Å²) in [6.07, 6.45) is 7.51. The van der Waals surface area contributed by atoms with Crippen molar-refractivity contribution in [2.45, 2.75) is 57.1 Å². The number of tetrazole rings is 1. The van der Waals surface area contributed by atoms with Crippen molar-refractivity contribution in [1.29, 1.82) is 0 Å². The van der Waals surface area contributed by atoms with Gasteiger partial charge >= 0.3 is 5.69 Å². The van der Waals surface area contributed by atoms with E-state index >= 15 is 0 Å². The highest BCUT2D eigenvalue weighted by molar-refractivity contribution is 7.99. The summed E-state index contributed by atoms with van der Waals surface area (Å²) in [7, 11) is 0. The second kappa shape index (κ2) is 12.0. The summed E-state index contributed by atoms with van der Waals surface area (Å²) in [5.41, 5.74) is 1.19. The molecule has 0 aliphatic carbocycles. The zero-order valence-corrected chi connectivity index (χ0v) is 20.8. The van der Waals surface area contributed by atoms with Crippen LogP contribution in [0.3, 0.4) is 0 Å². The number of nitrogens with zero attached hydrogens (tertiary/aromatic N) is 7. The molecule has 2 aromatic carbocycles. The smallest absolute Gasteiger partial charge is 0.272 e. The third kappa shape index (κ3) is 5.95. The summed E-state index contributed by atoms with van der Waals surface area (Å²) < 4.78 is 4.53. The summed E-state index contributed by atoms with van der Waals surface area (Å²) >= 11 is 7.65. The summed E-state index contributed by atoms with van der Waals surface area (Å²) in [6.45, 7) is 2.39. The Bertz CT molecular complexity index is 1230. The number of hydrogen-bond donors (Lipinski definition) is 0. The Morgan fingerprint density at radius 3 is 2.35 bits per heavy atom. The van der Waals surface area contributed by atoms with E-state index < -0.39 is 0 Å². The van der Waals surface area contributed by atoms with Crippen molar-refractivity contribution in [1.82, 2.24) is 34.6 Å². The SMILES string of the molecule is CCCCCCCCSc1nnc(Cn2nnn(-c3ccc(Cl)cc3)c2=O)n1-c1ccccc1. The van der Waals surface area contributed by atoms with Crippen LogP contribution in [0.4, 0.5) is 0 Å². The first kappa shape index (κ1) is 24.2. The summed E-state index contributed by atoms with van der Waals surface area (Å²) in [5, 5.41) is 18.3. The van der Waals surface area contributed by atoms with Gasteiger partial charge in [-0.3, -0.25) is 4.57 Å². The van der Waals surface area contributed by atoms with Crippen molar-refractivity contribution in [3.8, 4) is 11.4 Å². The molecular weight excluding hydrogens is 470 g/mol. The molecule has 2 aromatic heterocycles. The van der Waals surface area contributed by atoms with Crippen molar-refractivity contribution in [3.63, 3.8) is 0 Å². The van der Waals surface area contributed by atoms with Gasteiger partial charge in [0.1, 0.15) is 6.54 Å². The Balaban J connectivity index is 1.52. The fourth-order valence-electron chi connectivity index (χ4n) is 3.63. The van der Waals surface area contributed by atoms with Crippen LogP contribution in [-0.4, -0.2) is 40.3 Å². The number of benzene rings is 2. The second-order valence-electron chi connectivity index (χ2n) is 7.99. The van der Waals surface area contributed by atoms with Gasteiger partial charge in [-0.05, 0) is 53.2 Å². The number of thioether (sulfide) groups is 1. The van der Waals surface area contributed by atoms with E-state index in [9.17, 15) is 4.79 Å². The van der Waals surface area contributed by atoms with Gasteiger partial charge in [0.05, 0.1) is 5.69 Å². The molecule has 10 heteroatoms. The van der Waals surface area contributed by atoms with E-state index in [0.717, 1.165) is 23.0 Å². The Morgan fingerprint density at radius 1 is 0.853 bits per heavy atom. The topological polar surface area (TPSA) is 83.4 Å². The molecule has 0 fully saturated rings. The maximum atomic E-state index is 12.9. The Kier molecular flexibility index (Phi) is 8.54. The minimum absolute atomic E-state index is 0.159. The highest BCUT2D eigenvalue weighted by Gasteiger charge is 2.18. The quantitative estimate of drug-likeness (QED) is 0.198. The van der Waals surface area contributed by atoms with E-state index in [-0.39, 0.29) is 12.2 Å². The van der Waals surface area contributed by atoms with Gasteiger partial charge in [-0.2, -0.15) is 9.36 Å². The molecule has 0 spiro atoms. The van der Waals surface area contributed by atoms with Gasteiger partial charge in [0.25, 0.3) is 0 Å². The molecule has 0 saturated carbocycles. The number of halogens is 1. The standard InChI is InChI=1S/C24H28ClN7OS/c1-2-3-4-5-6-10-17-34-23-27-26-22(31(23)20-11-8-7-9-12-20)18-30-24(33)32(29-28-30)21-15-13-19(25)14-16-21/h7-9,11-16H,2-6,10,17-18H2,1H3. The third-order valence-corrected chi connectivity index (χ3v) is 6.71. The number of para-hydroxylation sites is 1. The molecule has 0 bridgehead atoms.